The van der Waals surface area contributed by atoms with Gasteiger partial charge in [0.05, 0.1) is 23.3 Å². The Morgan fingerprint density at radius 3 is 2.51 bits per heavy atom. The number of carbonyl (C=O) groups excluding carboxylic acids is 1. The van der Waals surface area contributed by atoms with Gasteiger partial charge in [-0.25, -0.2) is 18.4 Å². The van der Waals surface area contributed by atoms with Gasteiger partial charge in [0.25, 0.3) is 5.91 Å². The SMILES string of the molecule is COc1ccc(S(=O)(=O)N2CCCCC2)cc1NC(=O)c1cc(C)nc2c1nc1n2CCCCC1. The van der Waals surface area contributed by atoms with Crippen molar-refractivity contribution in [2.45, 2.75) is 63.3 Å². The van der Waals surface area contributed by atoms with E-state index < -0.39 is 10.0 Å². The number of sulfonamides is 1. The normalized spacial score (nSPS) is 17.1. The third-order valence-corrected chi connectivity index (χ3v) is 8.70. The number of nitrogens with one attached hydrogen (secondary N) is 1. The topological polar surface area (TPSA) is 106 Å². The predicted octanol–water partition coefficient (Wildman–Crippen LogP) is 3.90. The van der Waals surface area contributed by atoms with Crippen LogP contribution in [0.4, 0.5) is 5.69 Å². The Bertz CT molecular complexity index is 1380. The number of imidazole rings is 1. The first-order valence-electron chi connectivity index (χ1n) is 12.2. The third-order valence-electron chi connectivity index (χ3n) is 6.81. The molecule has 1 fully saturated rings. The van der Waals surface area contributed by atoms with E-state index in [2.05, 4.69) is 14.9 Å². The van der Waals surface area contributed by atoms with Gasteiger partial charge in [0.15, 0.2) is 5.65 Å². The average Bonchev–Trinajstić information content (AvgIpc) is 3.04. The number of hydrogen-bond donors (Lipinski definition) is 1. The lowest BCUT2D eigenvalue weighted by Crippen LogP contribution is -2.35. The van der Waals surface area contributed by atoms with E-state index in [1.807, 2.05) is 6.92 Å². The molecule has 0 unspecified atom stereocenters. The Morgan fingerprint density at radius 1 is 1.00 bits per heavy atom. The van der Waals surface area contributed by atoms with Crippen LogP contribution in [0.1, 0.15) is 60.4 Å². The van der Waals surface area contributed by atoms with Crippen LogP contribution in [0.3, 0.4) is 0 Å². The number of rotatable bonds is 5. The lowest BCUT2D eigenvalue weighted by Gasteiger charge is -2.26. The van der Waals surface area contributed by atoms with Gasteiger partial charge in [0.2, 0.25) is 10.0 Å². The summed E-state index contributed by atoms with van der Waals surface area (Å²) in [6.45, 7) is 3.72. The molecule has 4 heterocycles. The van der Waals surface area contributed by atoms with E-state index in [1.165, 1.54) is 23.5 Å². The molecule has 1 N–H and O–H groups in total. The fourth-order valence-electron chi connectivity index (χ4n) is 4.98. The number of methoxy groups -OCH3 is 1. The molecular formula is C25H31N5O4S. The highest BCUT2D eigenvalue weighted by atomic mass is 32.2. The molecule has 0 atom stereocenters. The summed E-state index contributed by atoms with van der Waals surface area (Å²) in [6.07, 6.45) is 6.88. The Kier molecular flexibility index (Phi) is 6.50. The quantitative estimate of drug-likeness (QED) is 0.573. The number of aryl methyl sites for hydroxylation is 3. The number of anilines is 1. The van der Waals surface area contributed by atoms with Crippen molar-refractivity contribution < 1.29 is 17.9 Å². The van der Waals surface area contributed by atoms with Crippen LogP contribution < -0.4 is 10.1 Å². The van der Waals surface area contributed by atoms with Crippen molar-refractivity contribution in [2.24, 2.45) is 0 Å². The summed E-state index contributed by atoms with van der Waals surface area (Å²) in [7, 11) is -2.17. The van der Waals surface area contributed by atoms with Gasteiger partial charge in [-0.2, -0.15) is 4.31 Å². The molecule has 2 aliphatic rings. The molecule has 0 bridgehead atoms. The summed E-state index contributed by atoms with van der Waals surface area (Å²) in [5, 5.41) is 2.88. The number of ether oxygens (including phenoxy) is 1. The van der Waals surface area contributed by atoms with Crippen LogP contribution in [-0.2, 0) is 23.0 Å². The molecule has 1 amide bonds. The van der Waals surface area contributed by atoms with Crippen LogP contribution in [0.2, 0.25) is 0 Å². The van der Waals surface area contributed by atoms with E-state index in [9.17, 15) is 13.2 Å². The second-order valence-corrected chi connectivity index (χ2v) is 11.2. The lowest BCUT2D eigenvalue weighted by atomic mass is 10.1. The molecule has 9 nitrogen and oxygen atoms in total. The zero-order valence-electron chi connectivity index (χ0n) is 20.2. The molecular weight excluding hydrogens is 466 g/mol. The Labute approximate surface area is 205 Å². The van der Waals surface area contributed by atoms with E-state index in [4.69, 9.17) is 9.72 Å². The zero-order valence-corrected chi connectivity index (χ0v) is 21.0. The highest BCUT2D eigenvalue weighted by Gasteiger charge is 2.27. The maximum Gasteiger partial charge on any atom is 0.258 e. The predicted molar refractivity (Wildman–Crippen MR) is 133 cm³/mol. The van der Waals surface area contributed by atoms with Gasteiger partial charge >= 0.3 is 0 Å². The lowest BCUT2D eigenvalue weighted by molar-refractivity contribution is 0.102. The first-order valence-corrected chi connectivity index (χ1v) is 13.7. The average molecular weight is 498 g/mol. The van der Waals surface area contributed by atoms with Crippen LogP contribution >= 0.6 is 0 Å². The number of pyridine rings is 1. The molecule has 2 aromatic heterocycles. The highest BCUT2D eigenvalue weighted by Crippen LogP contribution is 2.31. The van der Waals surface area contributed by atoms with Crippen LogP contribution in [0.5, 0.6) is 5.75 Å². The first kappa shape index (κ1) is 23.7. The van der Waals surface area contributed by atoms with Crippen molar-refractivity contribution in [1.82, 2.24) is 18.8 Å². The number of benzene rings is 1. The zero-order chi connectivity index (χ0) is 24.6. The Balaban J connectivity index is 1.51. The summed E-state index contributed by atoms with van der Waals surface area (Å²) in [5.41, 5.74) is 2.74. The van der Waals surface area contributed by atoms with Crippen molar-refractivity contribution in [1.29, 1.82) is 0 Å². The summed E-state index contributed by atoms with van der Waals surface area (Å²) in [5.74, 6) is 0.968. The fourth-order valence-corrected chi connectivity index (χ4v) is 6.52. The minimum Gasteiger partial charge on any atom is -0.495 e. The first-order chi connectivity index (χ1) is 16.9. The van der Waals surface area contributed by atoms with Crippen molar-refractivity contribution in [3.8, 4) is 5.75 Å². The molecule has 1 aromatic carbocycles. The molecule has 0 aliphatic carbocycles. The molecule has 35 heavy (non-hydrogen) atoms. The summed E-state index contributed by atoms with van der Waals surface area (Å²) in [6, 6.07) is 6.32. The molecule has 0 spiro atoms. The summed E-state index contributed by atoms with van der Waals surface area (Å²) in [4.78, 5) is 23.1. The Hall–Kier alpha value is -2.98. The number of hydrogen-bond acceptors (Lipinski definition) is 6. The van der Waals surface area contributed by atoms with Gasteiger partial charge in [0, 0.05) is 31.7 Å². The molecule has 3 aromatic rings. The molecule has 1 saturated heterocycles. The maximum absolute atomic E-state index is 13.5. The van der Waals surface area contributed by atoms with Crippen molar-refractivity contribution >= 4 is 32.8 Å². The monoisotopic (exact) mass is 497 g/mol. The summed E-state index contributed by atoms with van der Waals surface area (Å²) >= 11 is 0. The second-order valence-electron chi connectivity index (χ2n) is 9.25. The van der Waals surface area contributed by atoms with E-state index in [0.717, 1.165) is 68.7 Å². The molecule has 5 rings (SSSR count). The van der Waals surface area contributed by atoms with E-state index >= 15 is 0 Å². The van der Waals surface area contributed by atoms with Crippen molar-refractivity contribution in [2.75, 3.05) is 25.5 Å². The molecule has 0 saturated carbocycles. The van der Waals surface area contributed by atoms with Gasteiger partial charge in [-0.3, -0.25) is 4.79 Å². The molecule has 10 heteroatoms. The number of carbonyl (C=O) groups is 1. The molecule has 2 aliphatic heterocycles. The standard InChI is InChI=1S/C25H31N5O4S/c1-17-15-19(23-24(26-17)30-14-8-3-5-9-22(30)28-23)25(31)27-20-16-18(10-11-21(20)34-2)35(32,33)29-12-6-4-7-13-29/h10-11,15-16H,3-9,12-14H2,1-2H3,(H,27,31). The maximum atomic E-state index is 13.5. The van der Waals surface area contributed by atoms with Crippen LogP contribution in [0, 0.1) is 6.92 Å². The van der Waals surface area contributed by atoms with E-state index in [1.54, 1.807) is 12.1 Å². The highest BCUT2D eigenvalue weighted by molar-refractivity contribution is 7.89. The van der Waals surface area contributed by atoms with E-state index in [-0.39, 0.29) is 10.8 Å². The van der Waals surface area contributed by atoms with Gasteiger partial charge in [-0.05, 0) is 56.9 Å². The van der Waals surface area contributed by atoms with Crippen LogP contribution in [0.25, 0.3) is 11.2 Å². The minimum absolute atomic E-state index is 0.139. The van der Waals surface area contributed by atoms with Crippen LogP contribution in [-0.4, -0.2) is 53.4 Å². The van der Waals surface area contributed by atoms with Crippen molar-refractivity contribution in [3.63, 3.8) is 0 Å². The fraction of sp³-hybridized carbons (Fsp3) is 0.480. The van der Waals surface area contributed by atoms with E-state index in [0.29, 0.717) is 35.6 Å². The number of amides is 1. The van der Waals surface area contributed by atoms with Crippen molar-refractivity contribution in [3.05, 3.63) is 41.3 Å². The Morgan fingerprint density at radius 2 is 1.74 bits per heavy atom. The molecule has 186 valence electrons. The minimum atomic E-state index is -3.66. The van der Waals surface area contributed by atoms with Gasteiger partial charge in [-0.15, -0.1) is 0 Å². The van der Waals surface area contributed by atoms with Crippen LogP contribution in [0.15, 0.2) is 29.2 Å². The second kappa shape index (κ2) is 9.58. The van der Waals surface area contributed by atoms with Gasteiger partial charge in [-0.1, -0.05) is 12.8 Å². The number of nitrogens with zero attached hydrogens (tertiary/aromatic N) is 4. The largest absolute Gasteiger partial charge is 0.495 e. The number of piperidine rings is 1. The third kappa shape index (κ3) is 4.52. The smallest absolute Gasteiger partial charge is 0.258 e. The number of fused-ring (bicyclic) bond motifs is 3. The van der Waals surface area contributed by atoms with Gasteiger partial charge in [0.1, 0.15) is 17.1 Å². The van der Waals surface area contributed by atoms with Gasteiger partial charge < -0.3 is 14.6 Å². The summed E-state index contributed by atoms with van der Waals surface area (Å²) < 4.78 is 35.5. The number of aromatic nitrogens is 3. The molecule has 0 radical (unpaired) electrons.